The fourth-order valence-electron chi connectivity index (χ4n) is 3.57. The largest absolute Gasteiger partial charge is 0.465 e. The number of methoxy groups -OCH3 is 1. The van der Waals surface area contributed by atoms with Crippen LogP contribution in [0.2, 0.25) is 5.02 Å². The third-order valence-electron chi connectivity index (χ3n) is 5.34. The normalized spacial score (nSPS) is 15.2. The first-order chi connectivity index (χ1) is 14.9. The molecule has 0 saturated heterocycles. The maximum absolute atomic E-state index is 13.1. The molecule has 158 valence electrons. The van der Waals surface area contributed by atoms with E-state index in [0.717, 1.165) is 12.8 Å². The lowest BCUT2D eigenvalue weighted by Crippen LogP contribution is -2.47. The van der Waals surface area contributed by atoms with Gasteiger partial charge in [0.2, 0.25) is 5.60 Å². The first kappa shape index (κ1) is 22.4. The Morgan fingerprint density at radius 2 is 1.87 bits per heavy atom. The number of aliphatic hydroxyl groups is 1. The summed E-state index contributed by atoms with van der Waals surface area (Å²) >= 11 is 6.04. The molecule has 0 aliphatic heterocycles. The molecule has 31 heavy (non-hydrogen) atoms. The molecule has 0 radical (unpaired) electrons. The maximum atomic E-state index is 13.1. The highest BCUT2D eigenvalue weighted by Gasteiger charge is 2.44. The van der Waals surface area contributed by atoms with Crippen LogP contribution in [-0.4, -0.2) is 29.7 Å². The number of ether oxygens (including phenoxy) is 1. The zero-order valence-corrected chi connectivity index (χ0v) is 17.7. The topological polar surface area (TPSA) is 99.4 Å². The van der Waals surface area contributed by atoms with Crippen LogP contribution in [0, 0.1) is 29.1 Å². The van der Waals surface area contributed by atoms with Crippen LogP contribution in [0.4, 0.5) is 5.69 Å². The number of halogens is 1. The summed E-state index contributed by atoms with van der Waals surface area (Å²) < 4.78 is 4.67. The van der Waals surface area contributed by atoms with E-state index in [-0.39, 0.29) is 10.9 Å². The number of esters is 1. The lowest BCUT2D eigenvalue weighted by molar-refractivity contribution is -0.132. The fraction of sp³-hybridized carbons (Fsp3) is 0.292. The van der Waals surface area contributed by atoms with E-state index in [1.807, 2.05) is 6.07 Å². The van der Waals surface area contributed by atoms with Crippen LogP contribution in [0.1, 0.15) is 47.2 Å². The molecule has 1 saturated carbocycles. The van der Waals surface area contributed by atoms with Gasteiger partial charge in [-0.3, -0.25) is 4.79 Å². The average molecular weight is 437 g/mol. The lowest BCUT2D eigenvalue weighted by atomic mass is 9.85. The Labute approximate surface area is 185 Å². The number of nitrogens with one attached hydrogen (secondary N) is 1. The number of benzene rings is 2. The van der Waals surface area contributed by atoms with Crippen molar-refractivity contribution in [1.82, 2.24) is 0 Å². The molecular weight excluding hydrogens is 416 g/mol. The van der Waals surface area contributed by atoms with Crippen molar-refractivity contribution in [2.45, 2.75) is 31.3 Å². The van der Waals surface area contributed by atoms with Gasteiger partial charge in [-0.2, -0.15) is 5.26 Å². The van der Waals surface area contributed by atoms with E-state index in [2.05, 4.69) is 21.9 Å². The molecule has 2 aromatic carbocycles. The number of hydrogen-bond acceptors (Lipinski definition) is 5. The van der Waals surface area contributed by atoms with Gasteiger partial charge in [-0.05, 0) is 55.3 Å². The SMILES string of the molecule is COC(=O)c1ccc(C#CC(O)(C(=O)Nc2ccc(C#N)c(Cl)c2)C2CCCC2)cc1. The van der Waals surface area contributed by atoms with Crippen molar-refractivity contribution >= 4 is 29.2 Å². The number of nitrogens with zero attached hydrogens (tertiary/aromatic N) is 1. The standard InChI is InChI=1S/C24H21ClN2O4/c1-31-22(28)17-8-6-16(7-9-17)12-13-24(30,19-4-2-3-5-19)23(29)27-20-11-10-18(15-26)21(25)14-20/h6-11,14,19,30H,2-5H2,1H3,(H,27,29). The first-order valence-corrected chi connectivity index (χ1v) is 10.2. The van der Waals surface area contributed by atoms with E-state index in [4.69, 9.17) is 16.9 Å². The summed E-state index contributed by atoms with van der Waals surface area (Å²) in [6.45, 7) is 0. The summed E-state index contributed by atoms with van der Waals surface area (Å²) in [6, 6.07) is 12.9. The number of carbonyl (C=O) groups is 2. The molecule has 1 aliphatic rings. The van der Waals surface area contributed by atoms with Crippen molar-refractivity contribution in [2.75, 3.05) is 12.4 Å². The second-order valence-electron chi connectivity index (χ2n) is 7.33. The molecule has 7 heteroatoms. The van der Waals surface area contributed by atoms with Crippen molar-refractivity contribution in [3.8, 4) is 17.9 Å². The molecule has 1 fully saturated rings. The Hall–Kier alpha value is -3.32. The summed E-state index contributed by atoms with van der Waals surface area (Å²) in [5.74, 6) is 4.23. The molecule has 0 spiro atoms. The third kappa shape index (κ3) is 5.06. The van der Waals surface area contributed by atoms with E-state index in [1.54, 1.807) is 30.3 Å². The van der Waals surface area contributed by atoms with E-state index >= 15 is 0 Å². The van der Waals surface area contributed by atoms with Gasteiger partial charge < -0.3 is 15.2 Å². The van der Waals surface area contributed by atoms with Crippen LogP contribution < -0.4 is 5.32 Å². The highest BCUT2D eigenvalue weighted by Crippen LogP contribution is 2.35. The Morgan fingerprint density at radius 3 is 2.45 bits per heavy atom. The van der Waals surface area contributed by atoms with Crippen LogP contribution in [-0.2, 0) is 9.53 Å². The Balaban J connectivity index is 1.87. The van der Waals surface area contributed by atoms with Crippen molar-refractivity contribution in [3.05, 3.63) is 64.2 Å². The lowest BCUT2D eigenvalue weighted by Gasteiger charge is -2.27. The summed E-state index contributed by atoms with van der Waals surface area (Å²) in [6.07, 6.45) is 3.21. The molecule has 2 aromatic rings. The molecule has 6 nitrogen and oxygen atoms in total. The summed E-state index contributed by atoms with van der Waals surface area (Å²) in [5.41, 5.74) is -0.291. The van der Waals surface area contributed by atoms with E-state index < -0.39 is 17.5 Å². The minimum absolute atomic E-state index is 0.210. The van der Waals surface area contributed by atoms with Gasteiger partial charge in [0.15, 0.2) is 0 Å². The predicted molar refractivity (Wildman–Crippen MR) is 116 cm³/mol. The van der Waals surface area contributed by atoms with Crippen LogP contribution >= 0.6 is 11.6 Å². The molecule has 1 aliphatic carbocycles. The van der Waals surface area contributed by atoms with Gasteiger partial charge in [0, 0.05) is 17.2 Å². The van der Waals surface area contributed by atoms with Gasteiger partial charge in [-0.15, -0.1) is 0 Å². The summed E-state index contributed by atoms with van der Waals surface area (Å²) in [4.78, 5) is 24.6. The Kier molecular flexibility index (Phi) is 6.97. The quantitative estimate of drug-likeness (QED) is 0.559. The molecule has 2 N–H and O–H groups in total. The van der Waals surface area contributed by atoms with Crippen LogP contribution in [0.25, 0.3) is 0 Å². The zero-order chi connectivity index (χ0) is 22.4. The average Bonchev–Trinajstić information content (AvgIpc) is 3.33. The van der Waals surface area contributed by atoms with Gasteiger partial charge in [0.05, 0.1) is 23.3 Å². The first-order valence-electron chi connectivity index (χ1n) is 9.82. The summed E-state index contributed by atoms with van der Waals surface area (Å²) in [7, 11) is 1.30. The Bertz CT molecular complexity index is 1090. The van der Waals surface area contributed by atoms with Crippen molar-refractivity contribution in [3.63, 3.8) is 0 Å². The van der Waals surface area contributed by atoms with Crippen molar-refractivity contribution in [2.24, 2.45) is 5.92 Å². The van der Waals surface area contributed by atoms with E-state index in [0.29, 0.717) is 35.2 Å². The molecule has 0 heterocycles. The van der Waals surface area contributed by atoms with Crippen molar-refractivity contribution < 1.29 is 19.4 Å². The molecule has 1 amide bonds. The summed E-state index contributed by atoms with van der Waals surface area (Å²) in [5, 5.41) is 23.2. The fourth-order valence-corrected chi connectivity index (χ4v) is 3.80. The molecular formula is C24H21ClN2O4. The van der Waals surface area contributed by atoms with Gasteiger partial charge >= 0.3 is 5.97 Å². The smallest absolute Gasteiger partial charge is 0.337 e. The third-order valence-corrected chi connectivity index (χ3v) is 5.66. The maximum Gasteiger partial charge on any atom is 0.337 e. The molecule has 1 unspecified atom stereocenters. The number of hydrogen-bond donors (Lipinski definition) is 2. The second kappa shape index (κ2) is 9.66. The second-order valence-corrected chi connectivity index (χ2v) is 7.73. The minimum Gasteiger partial charge on any atom is -0.465 e. The van der Waals surface area contributed by atoms with Gasteiger partial charge in [0.1, 0.15) is 6.07 Å². The number of amides is 1. The van der Waals surface area contributed by atoms with Crippen LogP contribution in [0.3, 0.4) is 0 Å². The number of nitriles is 1. The number of carbonyl (C=O) groups excluding carboxylic acids is 2. The van der Waals surface area contributed by atoms with Crippen molar-refractivity contribution in [1.29, 1.82) is 5.26 Å². The Morgan fingerprint density at radius 1 is 1.19 bits per heavy atom. The van der Waals surface area contributed by atoms with Crippen LogP contribution in [0.15, 0.2) is 42.5 Å². The van der Waals surface area contributed by atoms with Gasteiger partial charge in [-0.1, -0.05) is 36.3 Å². The number of anilines is 1. The molecule has 1 atom stereocenters. The highest BCUT2D eigenvalue weighted by atomic mass is 35.5. The van der Waals surface area contributed by atoms with Gasteiger partial charge in [0.25, 0.3) is 5.91 Å². The minimum atomic E-state index is -1.89. The molecule has 3 rings (SSSR count). The van der Waals surface area contributed by atoms with Gasteiger partial charge in [-0.25, -0.2) is 4.79 Å². The van der Waals surface area contributed by atoms with Crippen LogP contribution in [0.5, 0.6) is 0 Å². The monoisotopic (exact) mass is 436 g/mol. The molecule has 0 bridgehead atoms. The highest BCUT2D eigenvalue weighted by molar-refractivity contribution is 6.32. The van der Waals surface area contributed by atoms with E-state index in [1.165, 1.54) is 19.2 Å². The predicted octanol–water partition coefficient (Wildman–Crippen LogP) is 3.91. The zero-order valence-electron chi connectivity index (χ0n) is 16.9. The molecule has 0 aromatic heterocycles. The number of rotatable bonds is 4. The van der Waals surface area contributed by atoms with E-state index in [9.17, 15) is 14.7 Å².